The number of benzene rings is 2. The third-order valence-corrected chi connectivity index (χ3v) is 4.28. The Morgan fingerprint density at radius 1 is 0.964 bits per heavy atom. The van der Waals surface area contributed by atoms with Crippen LogP contribution in [0.4, 0.5) is 22.7 Å². The second-order valence-corrected chi connectivity index (χ2v) is 6.27. The molecule has 0 atom stereocenters. The Hall–Kier alpha value is -3.75. The van der Waals surface area contributed by atoms with E-state index in [9.17, 15) is 24.5 Å². The van der Waals surface area contributed by atoms with E-state index >= 15 is 0 Å². The lowest BCUT2D eigenvalue weighted by molar-refractivity contribution is -0.384. The second-order valence-electron chi connectivity index (χ2n) is 6.27. The molecular weight excluding hydrogens is 364 g/mol. The molecule has 144 valence electrons. The van der Waals surface area contributed by atoms with Crippen molar-refractivity contribution >= 4 is 40.5 Å². The van der Waals surface area contributed by atoms with Crippen LogP contribution in [-0.4, -0.2) is 29.2 Å². The summed E-state index contributed by atoms with van der Waals surface area (Å²) in [4.78, 5) is 48.0. The molecule has 1 fully saturated rings. The maximum atomic E-state index is 12.1. The van der Waals surface area contributed by atoms with E-state index in [2.05, 4.69) is 10.6 Å². The van der Waals surface area contributed by atoms with Gasteiger partial charge in [0.25, 0.3) is 5.69 Å². The molecular formula is C19H18N4O5. The molecule has 2 aromatic carbocycles. The summed E-state index contributed by atoms with van der Waals surface area (Å²) in [6, 6.07) is 11.9. The van der Waals surface area contributed by atoms with Crippen molar-refractivity contribution in [2.75, 3.05) is 22.1 Å². The summed E-state index contributed by atoms with van der Waals surface area (Å²) < 4.78 is 0. The zero-order valence-corrected chi connectivity index (χ0v) is 14.9. The number of nitro groups is 1. The summed E-state index contributed by atoms with van der Waals surface area (Å²) in [5, 5.41) is 15.5. The SMILES string of the molecule is O=C(Nc1ccc([N+](=O)[O-])cc1)C(=O)Nc1cccc(N2CCCCC2=O)c1. The van der Waals surface area contributed by atoms with Crippen LogP contribution in [0.15, 0.2) is 48.5 Å². The van der Waals surface area contributed by atoms with Crippen molar-refractivity contribution in [3.8, 4) is 0 Å². The van der Waals surface area contributed by atoms with E-state index in [0.717, 1.165) is 12.8 Å². The van der Waals surface area contributed by atoms with Gasteiger partial charge in [0.05, 0.1) is 4.92 Å². The van der Waals surface area contributed by atoms with Crippen LogP contribution in [0, 0.1) is 10.1 Å². The Morgan fingerprint density at radius 3 is 2.29 bits per heavy atom. The standard InChI is InChI=1S/C19H18N4O5/c24-17-6-1-2-11-22(17)16-5-3-4-14(12-16)21-19(26)18(25)20-13-7-9-15(10-8-13)23(27)28/h3-5,7-10,12H,1-2,6,11H2,(H,20,25)(H,21,26). The van der Waals surface area contributed by atoms with E-state index in [1.54, 1.807) is 29.2 Å². The van der Waals surface area contributed by atoms with Crippen LogP contribution < -0.4 is 15.5 Å². The van der Waals surface area contributed by atoms with Crippen LogP contribution in [-0.2, 0) is 14.4 Å². The number of nitrogens with zero attached hydrogens (tertiary/aromatic N) is 2. The number of carbonyl (C=O) groups excluding carboxylic acids is 3. The van der Waals surface area contributed by atoms with Gasteiger partial charge in [-0.1, -0.05) is 6.07 Å². The lowest BCUT2D eigenvalue weighted by Gasteiger charge is -2.27. The van der Waals surface area contributed by atoms with Gasteiger partial charge >= 0.3 is 11.8 Å². The molecule has 0 unspecified atom stereocenters. The topological polar surface area (TPSA) is 122 Å². The molecule has 0 aliphatic carbocycles. The van der Waals surface area contributed by atoms with Crippen molar-refractivity contribution in [3.05, 3.63) is 58.6 Å². The first-order valence-corrected chi connectivity index (χ1v) is 8.71. The summed E-state index contributed by atoms with van der Waals surface area (Å²) >= 11 is 0. The lowest BCUT2D eigenvalue weighted by Crippen LogP contribution is -2.35. The normalized spacial score (nSPS) is 13.7. The van der Waals surface area contributed by atoms with Crippen LogP contribution in [0.2, 0.25) is 0 Å². The van der Waals surface area contributed by atoms with Gasteiger partial charge in [-0.25, -0.2) is 0 Å². The third-order valence-electron chi connectivity index (χ3n) is 4.28. The summed E-state index contributed by atoms with van der Waals surface area (Å²) in [5.74, 6) is -1.76. The summed E-state index contributed by atoms with van der Waals surface area (Å²) in [5.41, 5.74) is 1.20. The Labute approximate surface area is 160 Å². The number of piperidine rings is 1. The second kappa shape index (κ2) is 8.30. The average molecular weight is 382 g/mol. The molecule has 1 aliphatic heterocycles. The highest BCUT2D eigenvalue weighted by Gasteiger charge is 2.20. The molecule has 2 N–H and O–H groups in total. The zero-order valence-electron chi connectivity index (χ0n) is 14.9. The number of rotatable bonds is 4. The van der Waals surface area contributed by atoms with Gasteiger partial charge in [0.1, 0.15) is 0 Å². The van der Waals surface area contributed by atoms with Crippen molar-refractivity contribution in [1.29, 1.82) is 0 Å². The monoisotopic (exact) mass is 382 g/mol. The van der Waals surface area contributed by atoms with Crippen molar-refractivity contribution in [1.82, 2.24) is 0 Å². The Bertz CT molecular complexity index is 926. The maximum Gasteiger partial charge on any atom is 0.314 e. The van der Waals surface area contributed by atoms with Gasteiger partial charge in [-0.15, -0.1) is 0 Å². The van der Waals surface area contributed by atoms with Crippen LogP contribution in [0.1, 0.15) is 19.3 Å². The van der Waals surface area contributed by atoms with E-state index < -0.39 is 16.7 Å². The van der Waals surface area contributed by atoms with Gasteiger partial charge in [0, 0.05) is 42.2 Å². The molecule has 0 bridgehead atoms. The molecule has 0 radical (unpaired) electrons. The smallest absolute Gasteiger partial charge is 0.314 e. The Morgan fingerprint density at radius 2 is 1.64 bits per heavy atom. The number of non-ortho nitro benzene ring substituents is 1. The van der Waals surface area contributed by atoms with E-state index in [1.807, 2.05) is 0 Å². The fourth-order valence-electron chi connectivity index (χ4n) is 2.87. The minimum Gasteiger partial charge on any atom is -0.318 e. The Balaban J connectivity index is 1.63. The largest absolute Gasteiger partial charge is 0.318 e. The first-order chi connectivity index (χ1) is 13.4. The zero-order chi connectivity index (χ0) is 20.1. The van der Waals surface area contributed by atoms with Crippen molar-refractivity contribution < 1.29 is 19.3 Å². The van der Waals surface area contributed by atoms with E-state index in [0.29, 0.717) is 24.3 Å². The first-order valence-electron chi connectivity index (χ1n) is 8.71. The van der Waals surface area contributed by atoms with Gasteiger partial charge in [-0.2, -0.15) is 0 Å². The van der Waals surface area contributed by atoms with Crippen LogP contribution in [0.5, 0.6) is 0 Å². The van der Waals surface area contributed by atoms with Crippen LogP contribution >= 0.6 is 0 Å². The number of hydrogen-bond donors (Lipinski definition) is 2. The summed E-state index contributed by atoms with van der Waals surface area (Å²) in [7, 11) is 0. The molecule has 0 aromatic heterocycles. The highest BCUT2D eigenvalue weighted by molar-refractivity contribution is 6.43. The number of hydrogen-bond acceptors (Lipinski definition) is 5. The summed E-state index contributed by atoms with van der Waals surface area (Å²) in [6.07, 6.45) is 2.28. The molecule has 9 heteroatoms. The van der Waals surface area contributed by atoms with Gasteiger partial charge in [0.15, 0.2) is 0 Å². The fourth-order valence-corrected chi connectivity index (χ4v) is 2.87. The van der Waals surface area contributed by atoms with Gasteiger partial charge < -0.3 is 15.5 Å². The average Bonchev–Trinajstić information content (AvgIpc) is 2.69. The van der Waals surface area contributed by atoms with E-state index in [-0.39, 0.29) is 17.3 Å². The number of nitro benzene ring substituents is 1. The van der Waals surface area contributed by atoms with Gasteiger partial charge in [-0.3, -0.25) is 24.5 Å². The number of anilines is 3. The van der Waals surface area contributed by atoms with Gasteiger partial charge in [-0.05, 0) is 43.2 Å². The molecule has 3 amide bonds. The minimum atomic E-state index is -0.909. The molecule has 0 spiro atoms. The minimum absolute atomic E-state index is 0.0330. The first kappa shape index (κ1) is 19.0. The number of amides is 3. The molecule has 28 heavy (non-hydrogen) atoms. The lowest BCUT2D eigenvalue weighted by atomic mass is 10.1. The molecule has 1 saturated heterocycles. The predicted molar refractivity (Wildman–Crippen MR) is 103 cm³/mol. The quantitative estimate of drug-likeness (QED) is 0.478. The maximum absolute atomic E-state index is 12.1. The summed E-state index contributed by atoms with van der Waals surface area (Å²) in [6.45, 7) is 0.622. The molecule has 0 saturated carbocycles. The van der Waals surface area contributed by atoms with Crippen molar-refractivity contribution in [3.63, 3.8) is 0 Å². The molecule has 1 aliphatic rings. The highest BCUT2D eigenvalue weighted by atomic mass is 16.6. The van der Waals surface area contributed by atoms with E-state index in [1.165, 1.54) is 24.3 Å². The molecule has 9 nitrogen and oxygen atoms in total. The van der Waals surface area contributed by atoms with Gasteiger partial charge in [0.2, 0.25) is 5.91 Å². The predicted octanol–water partition coefficient (Wildman–Crippen LogP) is 2.69. The van der Waals surface area contributed by atoms with Crippen molar-refractivity contribution in [2.24, 2.45) is 0 Å². The molecule has 1 heterocycles. The van der Waals surface area contributed by atoms with Crippen LogP contribution in [0.3, 0.4) is 0 Å². The molecule has 2 aromatic rings. The number of nitrogens with one attached hydrogen (secondary N) is 2. The van der Waals surface area contributed by atoms with E-state index in [4.69, 9.17) is 0 Å². The number of carbonyl (C=O) groups is 3. The highest BCUT2D eigenvalue weighted by Crippen LogP contribution is 2.24. The van der Waals surface area contributed by atoms with Crippen LogP contribution in [0.25, 0.3) is 0 Å². The van der Waals surface area contributed by atoms with Crippen molar-refractivity contribution in [2.45, 2.75) is 19.3 Å². The fraction of sp³-hybridized carbons (Fsp3) is 0.211. The Kier molecular flexibility index (Phi) is 5.64. The molecule has 3 rings (SSSR count). The third kappa shape index (κ3) is 4.50.